The summed E-state index contributed by atoms with van der Waals surface area (Å²) >= 11 is 0. The van der Waals surface area contributed by atoms with Crippen molar-refractivity contribution >= 4 is 20.8 Å². The number of nitrogens with one attached hydrogen (secondary N) is 1. The van der Waals surface area contributed by atoms with E-state index in [1.165, 1.54) is 6.20 Å². The smallest absolute Gasteiger partial charge is 0.328 e. The van der Waals surface area contributed by atoms with Crippen LogP contribution in [0.5, 0.6) is 0 Å². The number of nitrogens with zero attached hydrogens (tertiary/aromatic N) is 3. The van der Waals surface area contributed by atoms with Gasteiger partial charge in [0.2, 0.25) is 5.82 Å². The highest BCUT2D eigenvalue weighted by atomic mass is 31.0. The normalized spacial score (nSPS) is 11.2. The molecule has 0 saturated heterocycles. The second kappa shape index (κ2) is 6.75. The van der Waals surface area contributed by atoms with Gasteiger partial charge in [0.1, 0.15) is 5.82 Å². The van der Waals surface area contributed by atoms with Crippen LogP contribution in [-0.4, -0.2) is 27.6 Å². The third-order valence-electron chi connectivity index (χ3n) is 1.93. The van der Waals surface area contributed by atoms with Crippen LogP contribution >= 0.6 is 9.24 Å². The summed E-state index contributed by atoms with van der Waals surface area (Å²) in [5, 5.41) is 13.7. The van der Waals surface area contributed by atoms with E-state index in [1.54, 1.807) is 6.07 Å². The zero-order valence-electron chi connectivity index (χ0n) is 9.17. The van der Waals surface area contributed by atoms with Gasteiger partial charge >= 0.3 is 5.70 Å². The Morgan fingerprint density at radius 2 is 2.47 bits per heavy atom. The SMILES string of the molecule is NC=C(c1nccc(NCCCP)n1)[N+](=O)[O-]. The van der Waals surface area contributed by atoms with E-state index < -0.39 is 4.92 Å². The third-order valence-corrected chi connectivity index (χ3v) is 2.33. The van der Waals surface area contributed by atoms with E-state index in [1.807, 2.05) is 0 Å². The molecule has 0 aliphatic rings. The summed E-state index contributed by atoms with van der Waals surface area (Å²) in [6, 6.07) is 1.65. The predicted molar refractivity (Wildman–Crippen MR) is 68.9 cm³/mol. The molecule has 7 nitrogen and oxygen atoms in total. The number of hydrogen-bond donors (Lipinski definition) is 2. The lowest BCUT2D eigenvalue weighted by Crippen LogP contribution is -2.09. The van der Waals surface area contributed by atoms with Gasteiger partial charge in [-0.2, -0.15) is 0 Å². The molecule has 8 heteroatoms. The number of hydrogen-bond acceptors (Lipinski definition) is 6. The second-order valence-corrected chi connectivity index (χ2v) is 3.72. The van der Waals surface area contributed by atoms with Crippen molar-refractivity contribution < 1.29 is 4.92 Å². The van der Waals surface area contributed by atoms with Crippen molar-refractivity contribution in [1.82, 2.24) is 9.97 Å². The first-order valence-electron chi connectivity index (χ1n) is 5.02. The Hall–Kier alpha value is -1.75. The highest BCUT2D eigenvalue weighted by molar-refractivity contribution is 7.16. The minimum atomic E-state index is -0.609. The number of aromatic nitrogens is 2. The summed E-state index contributed by atoms with van der Waals surface area (Å²) in [6.07, 6.45) is 4.30. The van der Waals surface area contributed by atoms with Gasteiger partial charge < -0.3 is 11.1 Å². The van der Waals surface area contributed by atoms with Crippen LogP contribution in [0.25, 0.3) is 5.70 Å². The molecule has 0 aliphatic carbocycles. The fourth-order valence-corrected chi connectivity index (χ4v) is 1.32. The first kappa shape index (κ1) is 13.3. The van der Waals surface area contributed by atoms with Crippen molar-refractivity contribution in [1.29, 1.82) is 0 Å². The van der Waals surface area contributed by atoms with Gasteiger partial charge in [-0.3, -0.25) is 10.1 Å². The van der Waals surface area contributed by atoms with Gasteiger partial charge in [-0.1, -0.05) is 0 Å². The van der Waals surface area contributed by atoms with Crippen LogP contribution in [-0.2, 0) is 0 Å². The molecule has 92 valence electrons. The predicted octanol–water partition coefficient (Wildman–Crippen LogP) is 0.688. The van der Waals surface area contributed by atoms with Gasteiger partial charge in [-0.05, 0) is 18.6 Å². The van der Waals surface area contributed by atoms with Crippen LogP contribution in [0.1, 0.15) is 12.2 Å². The van der Waals surface area contributed by atoms with Crippen molar-refractivity contribution in [2.75, 3.05) is 18.0 Å². The Bertz CT molecular complexity index is 424. The number of nitrogens with two attached hydrogens (primary N) is 1. The van der Waals surface area contributed by atoms with Gasteiger partial charge in [0, 0.05) is 12.7 Å². The van der Waals surface area contributed by atoms with Gasteiger partial charge in [0.25, 0.3) is 0 Å². The summed E-state index contributed by atoms with van der Waals surface area (Å²) in [4.78, 5) is 17.9. The molecule has 1 aromatic rings. The minimum Gasteiger partial charge on any atom is -0.399 e. The van der Waals surface area contributed by atoms with Gasteiger partial charge in [-0.15, -0.1) is 9.24 Å². The van der Waals surface area contributed by atoms with Crippen LogP contribution < -0.4 is 11.1 Å². The standard InChI is InChI=1S/C9H14N5O2P/c10-6-7(14(15)16)9-12-4-2-8(13-9)11-3-1-5-17/h2,4,6H,1,3,5,10,17H2,(H,11,12,13). The molecule has 1 aromatic heterocycles. The van der Waals surface area contributed by atoms with Crippen LogP contribution in [0.15, 0.2) is 18.5 Å². The quantitative estimate of drug-likeness (QED) is 0.335. The van der Waals surface area contributed by atoms with Crippen LogP contribution in [0.2, 0.25) is 0 Å². The topological polar surface area (TPSA) is 107 Å². The molecule has 1 unspecified atom stereocenters. The average molecular weight is 255 g/mol. The molecular formula is C9H14N5O2P. The first-order chi connectivity index (χ1) is 8.19. The minimum absolute atomic E-state index is 0.00775. The molecule has 17 heavy (non-hydrogen) atoms. The van der Waals surface area contributed by atoms with E-state index in [0.29, 0.717) is 5.82 Å². The number of rotatable bonds is 6. The summed E-state index contributed by atoms with van der Waals surface area (Å²) in [5.41, 5.74) is 4.86. The monoisotopic (exact) mass is 255 g/mol. The molecule has 0 aliphatic heterocycles. The lowest BCUT2D eigenvalue weighted by atomic mass is 10.4. The Morgan fingerprint density at radius 3 is 3.06 bits per heavy atom. The molecule has 0 aromatic carbocycles. The highest BCUT2D eigenvalue weighted by Gasteiger charge is 2.16. The maximum Gasteiger partial charge on any atom is 0.328 e. The molecular weight excluding hydrogens is 241 g/mol. The fourth-order valence-electron chi connectivity index (χ4n) is 1.12. The van der Waals surface area contributed by atoms with Crippen LogP contribution in [0, 0.1) is 10.1 Å². The summed E-state index contributed by atoms with van der Waals surface area (Å²) in [5.74, 6) is 0.558. The van der Waals surface area contributed by atoms with Crippen LogP contribution in [0.3, 0.4) is 0 Å². The average Bonchev–Trinajstić information content (AvgIpc) is 2.30. The van der Waals surface area contributed by atoms with Crippen molar-refractivity contribution in [3.8, 4) is 0 Å². The molecule has 1 rings (SSSR count). The summed E-state index contributed by atoms with van der Waals surface area (Å²) < 4.78 is 0. The van der Waals surface area contributed by atoms with Crippen molar-refractivity contribution in [2.45, 2.75) is 6.42 Å². The van der Waals surface area contributed by atoms with Crippen molar-refractivity contribution in [3.63, 3.8) is 0 Å². The zero-order chi connectivity index (χ0) is 12.7. The van der Waals surface area contributed by atoms with E-state index in [2.05, 4.69) is 24.5 Å². The number of nitro groups is 1. The van der Waals surface area contributed by atoms with Gasteiger partial charge in [-0.25, -0.2) is 9.97 Å². The fraction of sp³-hybridized carbons (Fsp3) is 0.333. The maximum atomic E-state index is 10.7. The molecule has 1 atom stereocenters. The van der Waals surface area contributed by atoms with E-state index in [0.717, 1.165) is 25.3 Å². The Kier molecular flexibility index (Phi) is 5.29. The van der Waals surface area contributed by atoms with Gasteiger partial charge in [0.15, 0.2) is 0 Å². The van der Waals surface area contributed by atoms with E-state index >= 15 is 0 Å². The lowest BCUT2D eigenvalue weighted by molar-refractivity contribution is -0.376. The molecule has 0 bridgehead atoms. The van der Waals surface area contributed by atoms with E-state index in [9.17, 15) is 10.1 Å². The molecule has 0 saturated carbocycles. The Balaban J connectivity index is 2.81. The number of anilines is 1. The van der Waals surface area contributed by atoms with Crippen LogP contribution in [0.4, 0.5) is 5.82 Å². The summed E-state index contributed by atoms with van der Waals surface area (Å²) in [7, 11) is 2.62. The third kappa shape index (κ3) is 3.96. The molecule has 0 amide bonds. The van der Waals surface area contributed by atoms with Gasteiger partial charge in [0.05, 0.1) is 11.1 Å². The molecule has 1 heterocycles. The van der Waals surface area contributed by atoms with E-state index in [-0.39, 0.29) is 11.5 Å². The molecule has 0 fully saturated rings. The molecule has 0 spiro atoms. The largest absolute Gasteiger partial charge is 0.399 e. The maximum absolute atomic E-state index is 10.7. The molecule has 0 radical (unpaired) electrons. The van der Waals surface area contributed by atoms with Crippen molar-refractivity contribution in [2.24, 2.45) is 5.73 Å². The molecule has 3 N–H and O–H groups in total. The second-order valence-electron chi connectivity index (χ2n) is 3.14. The lowest BCUT2D eigenvalue weighted by Gasteiger charge is -2.04. The Labute approximate surface area is 101 Å². The van der Waals surface area contributed by atoms with E-state index in [4.69, 9.17) is 5.73 Å². The zero-order valence-corrected chi connectivity index (χ0v) is 10.3. The Morgan fingerprint density at radius 1 is 1.71 bits per heavy atom. The van der Waals surface area contributed by atoms with Crippen molar-refractivity contribution in [3.05, 3.63) is 34.4 Å². The highest BCUT2D eigenvalue weighted by Crippen LogP contribution is 2.11. The first-order valence-corrected chi connectivity index (χ1v) is 5.84. The summed E-state index contributed by atoms with van der Waals surface area (Å²) in [6.45, 7) is 0.750.